The molecule has 0 atom stereocenters. The highest BCUT2D eigenvalue weighted by Gasteiger charge is 2.19. The Balaban J connectivity index is 1.21. The number of fused-ring (bicyclic) bond motifs is 1. The molecule has 4 heteroatoms. The highest BCUT2D eigenvalue weighted by molar-refractivity contribution is 5.76. The van der Waals surface area contributed by atoms with Crippen LogP contribution >= 0.6 is 0 Å². The van der Waals surface area contributed by atoms with Gasteiger partial charge in [0, 0.05) is 6.54 Å². The molecule has 0 saturated carbocycles. The predicted octanol–water partition coefficient (Wildman–Crippen LogP) is 4.64. The van der Waals surface area contributed by atoms with Crippen LogP contribution in [-0.2, 0) is 13.0 Å². The standard InChI is InChI=1S/C24H30N2O2/c1-19-9-10-22-23(18-19)28-26(24(22)27)14-5-8-21-12-16-25(17-13-21)15-11-20-6-3-2-4-7-20/h2-4,6-7,9-10,18,21H,5,8,11-17H2,1H3. The van der Waals surface area contributed by atoms with E-state index in [2.05, 4.69) is 35.2 Å². The summed E-state index contributed by atoms with van der Waals surface area (Å²) in [7, 11) is 0. The molecule has 1 aromatic heterocycles. The maximum absolute atomic E-state index is 12.4. The van der Waals surface area contributed by atoms with Crippen molar-refractivity contribution in [2.45, 2.75) is 45.6 Å². The van der Waals surface area contributed by atoms with Crippen molar-refractivity contribution < 1.29 is 4.52 Å². The van der Waals surface area contributed by atoms with E-state index in [0.29, 0.717) is 17.5 Å². The van der Waals surface area contributed by atoms with Gasteiger partial charge in [0.25, 0.3) is 5.56 Å². The van der Waals surface area contributed by atoms with Crippen molar-refractivity contribution in [3.8, 4) is 0 Å². The molecule has 2 heterocycles. The summed E-state index contributed by atoms with van der Waals surface area (Å²) in [4.78, 5) is 15.0. The van der Waals surface area contributed by atoms with Crippen LogP contribution in [0, 0.1) is 12.8 Å². The van der Waals surface area contributed by atoms with Gasteiger partial charge in [0.1, 0.15) is 0 Å². The summed E-state index contributed by atoms with van der Waals surface area (Å²) in [5.41, 5.74) is 3.26. The molecule has 0 radical (unpaired) electrons. The molecule has 4 nitrogen and oxygen atoms in total. The molecule has 2 aromatic carbocycles. The quantitative estimate of drug-likeness (QED) is 0.601. The predicted molar refractivity (Wildman–Crippen MR) is 114 cm³/mol. The third-order valence-electron chi connectivity index (χ3n) is 6.04. The molecule has 3 aromatic rings. The zero-order valence-corrected chi connectivity index (χ0v) is 16.8. The number of benzene rings is 2. The SMILES string of the molecule is Cc1ccc2c(=O)n(CCCC3CCN(CCc4ccccc4)CC3)oc2c1. The molecule has 1 aliphatic heterocycles. The van der Waals surface area contributed by atoms with Crippen LogP contribution in [0.1, 0.15) is 36.8 Å². The number of aromatic nitrogens is 1. The maximum Gasteiger partial charge on any atom is 0.290 e. The van der Waals surface area contributed by atoms with Crippen LogP contribution in [0.4, 0.5) is 0 Å². The van der Waals surface area contributed by atoms with Gasteiger partial charge in [0.15, 0.2) is 5.58 Å². The largest absolute Gasteiger partial charge is 0.376 e. The number of aryl methyl sites for hydroxylation is 2. The molecule has 4 rings (SSSR count). The smallest absolute Gasteiger partial charge is 0.290 e. The minimum Gasteiger partial charge on any atom is -0.376 e. The van der Waals surface area contributed by atoms with Crippen molar-refractivity contribution in [1.29, 1.82) is 0 Å². The van der Waals surface area contributed by atoms with Gasteiger partial charge in [-0.05, 0) is 81.3 Å². The van der Waals surface area contributed by atoms with Crippen LogP contribution in [0.2, 0.25) is 0 Å². The molecule has 0 aliphatic carbocycles. The molecule has 0 N–H and O–H groups in total. The number of hydrogen-bond acceptors (Lipinski definition) is 3. The van der Waals surface area contributed by atoms with E-state index in [-0.39, 0.29) is 5.56 Å². The van der Waals surface area contributed by atoms with Crippen LogP contribution in [-0.4, -0.2) is 29.3 Å². The Morgan fingerprint density at radius 2 is 1.82 bits per heavy atom. The van der Waals surface area contributed by atoms with Gasteiger partial charge in [0.2, 0.25) is 0 Å². The molecule has 1 aliphatic rings. The second-order valence-electron chi connectivity index (χ2n) is 8.16. The van der Waals surface area contributed by atoms with E-state index in [9.17, 15) is 4.79 Å². The summed E-state index contributed by atoms with van der Waals surface area (Å²) >= 11 is 0. The number of piperidine rings is 1. The second-order valence-corrected chi connectivity index (χ2v) is 8.16. The van der Waals surface area contributed by atoms with E-state index >= 15 is 0 Å². The van der Waals surface area contributed by atoms with Crippen LogP contribution in [0.5, 0.6) is 0 Å². The highest BCUT2D eigenvalue weighted by atomic mass is 16.5. The minimum absolute atomic E-state index is 0.00531. The Kier molecular flexibility index (Phi) is 5.96. The van der Waals surface area contributed by atoms with E-state index in [0.717, 1.165) is 30.9 Å². The monoisotopic (exact) mass is 378 g/mol. The van der Waals surface area contributed by atoms with E-state index in [4.69, 9.17) is 4.52 Å². The van der Waals surface area contributed by atoms with E-state index in [1.165, 1.54) is 37.9 Å². The zero-order valence-electron chi connectivity index (χ0n) is 16.8. The first-order valence-corrected chi connectivity index (χ1v) is 10.6. The van der Waals surface area contributed by atoms with Crippen molar-refractivity contribution >= 4 is 11.0 Å². The van der Waals surface area contributed by atoms with Gasteiger partial charge in [0.05, 0.1) is 11.9 Å². The van der Waals surface area contributed by atoms with Crippen molar-refractivity contribution in [2.75, 3.05) is 19.6 Å². The lowest BCUT2D eigenvalue weighted by molar-refractivity contribution is 0.174. The third-order valence-corrected chi connectivity index (χ3v) is 6.04. The van der Waals surface area contributed by atoms with Crippen LogP contribution in [0.15, 0.2) is 57.8 Å². The summed E-state index contributed by atoms with van der Waals surface area (Å²) < 4.78 is 7.30. The molecule has 1 fully saturated rings. The topological polar surface area (TPSA) is 38.4 Å². The number of rotatable bonds is 7. The lowest BCUT2D eigenvalue weighted by Gasteiger charge is -2.32. The molecule has 1 saturated heterocycles. The molecular formula is C24H30N2O2. The molecule has 0 spiro atoms. The van der Waals surface area contributed by atoms with Crippen molar-refractivity contribution in [2.24, 2.45) is 5.92 Å². The Morgan fingerprint density at radius 1 is 1.04 bits per heavy atom. The van der Waals surface area contributed by atoms with Crippen LogP contribution < -0.4 is 5.56 Å². The van der Waals surface area contributed by atoms with Gasteiger partial charge in [-0.25, -0.2) is 0 Å². The highest BCUT2D eigenvalue weighted by Crippen LogP contribution is 2.22. The van der Waals surface area contributed by atoms with Gasteiger partial charge in [-0.2, -0.15) is 4.74 Å². The normalized spacial score (nSPS) is 16.0. The average Bonchev–Trinajstić information content (AvgIpc) is 3.03. The fourth-order valence-corrected chi connectivity index (χ4v) is 4.28. The van der Waals surface area contributed by atoms with Crippen LogP contribution in [0.25, 0.3) is 11.0 Å². The third kappa shape index (κ3) is 4.56. The molecule has 0 bridgehead atoms. The fourth-order valence-electron chi connectivity index (χ4n) is 4.28. The first kappa shape index (κ1) is 19.0. The Hall–Kier alpha value is -2.33. The van der Waals surface area contributed by atoms with Gasteiger partial charge in [-0.15, -0.1) is 0 Å². The Labute approximate surface area is 166 Å². The van der Waals surface area contributed by atoms with Crippen molar-refractivity contribution in [3.63, 3.8) is 0 Å². The summed E-state index contributed by atoms with van der Waals surface area (Å²) in [6.07, 6.45) is 5.86. The first-order valence-electron chi connectivity index (χ1n) is 10.6. The van der Waals surface area contributed by atoms with Gasteiger partial charge < -0.3 is 9.42 Å². The van der Waals surface area contributed by atoms with E-state index < -0.39 is 0 Å². The van der Waals surface area contributed by atoms with Gasteiger partial charge in [-0.3, -0.25) is 4.79 Å². The fraction of sp³-hybridized carbons (Fsp3) is 0.458. The summed E-state index contributed by atoms with van der Waals surface area (Å²) in [5, 5.41) is 0.692. The summed E-state index contributed by atoms with van der Waals surface area (Å²) in [6, 6.07) is 16.5. The molecule has 28 heavy (non-hydrogen) atoms. The van der Waals surface area contributed by atoms with Crippen molar-refractivity contribution in [3.05, 3.63) is 70.0 Å². The summed E-state index contributed by atoms with van der Waals surface area (Å²) in [5.74, 6) is 0.773. The first-order chi connectivity index (χ1) is 13.7. The molecular weight excluding hydrogens is 348 g/mol. The lowest BCUT2D eigenvalue weighted by Crippen LogP contribution is -2.35. The molecule has 148 valence electrons. The van der Waals surface area contributed by atoms with Crippen LogP contribution in [0.3, 0.4) is 0 Å². The van der Waals surface area contributed by atoms with Gasteiger partial charge >= 0.3 is 0 Å². The second kappa shape index (κ2) is 8.78. The van der Waals surface area contributed by atoms with E-state index in [1.54, 1.807) is 4.74 Å². The number of likely N-dealkylation sites (tertiary alicyclic amines) is 1. The zero-order chi connectivity index (χ0) is 19.3. The Morgan fingerprint density at radius 3 is 2.61 bits per heavy atom. The average molecular weight is 379 g/mol. The van der Waals surface area contributed by atoms with Gasteiger partial charge in [-0.1, -0.05) is 36.4 Å². The molecule has 0 amide bonds. The lowest BCUT2D eigenvalue weighted by atomic mass is 9.92. The Bertz CT molecular complexity index is 950. The maximum atomic E-state index is 12.4. The summed E-state index contributed by atoms with van der Waals surface area (Å²) in [6.45, 7) is 6.25. The number of nitrogens with zero attached hydrogens (tertiary/aromatic N) is 2. The van der Waals surface area contributed by atoms with E-state index in [1.807, 2.05) is 25.1 Å². The van der Waals surface area contributed by atoms with Crippen molar-refractivity contribution in [1.82, 2.24) is 9.64 Å². The minimum atomic E-state index is 0.00531. The molecule has 0 unspecified atom stereocenters. The number of hydrogen-bond donors (Lipinski definition) is 0.